The number of aliphatic imine (C=N–C) groups is 1. The third-order valence-corrected chi connectivity index (χ3v) is 6.68. The molecule has 0 aromatic heterocycles. The van der Waals surface area contributed by atoms with Crippen molar-refractivity contribution >= 4 is 35.1 Å². The van der Waals surface area contributed by atoms with Gasteiger partial charge in [-0.25, -0.2) is 14.6 Å². The van der Waals surface area contributed by atoms with E-state index in [4.69, 9.17) is 25.7 Å². The predicted molar refractivity (Wildman–Crippen MR) is 191 cm³/mol. The summed E-state index contributed by atoms with van der Waals surface area (Å²) in [7, 11) is 0. The Hall–Kier alpha value is -6.59. The fourth-order valence-corrected chi connectivity index (χ4v) is 4.47. The van der Waals surface area contributed by atoms with Crippen molar-refractivity contribution in [3.8, 4) is 12.1 Å². The van der Waals surface area contributed by atoms with Crippen molar-refractivity contribution in [1.29, 1.82) is 10.5 Å². The minimum Gasteiger partial charge on any atom is -0.447 e. The molecule has 0 radical (unpaired) electrons. The molecule has 17 nitrogen and oxygen atoms in total. The highest BCUT2D eigenvalue weighted by atomic mass is 16.6. The lowest BCUT2D eigenvalue weighted by Gasteiger charge is -2.21. The minimum atomic E-state index is -0.667. The summed E-state index contributed by atoms with van der Waals surface area (Å²) in [6.45, 7) is 8.06. The second-order valence-electron chi connectivity index (χ2n) is 11.5. The van der Waals surface area contributed by atoms with E-state index in [2.05, 4.69) is 10.3 Å². The molecule has 1 heterocycles. The molecule has 3 aromatic rings. The van der Waals surface area contributed by atoms with Crippen molar-refractivity contribution in [2.45, 2.75) is 59.5 Å². The van der Waals surface area contributed by atoms with Gasteiger partial charge < -0.3 is 20.5 Å². The predicted octanol–water partition coefficient (Wildman–Crippen LogP) is 5.71. The number of carbonyl (C=O) groups is 2. The molecule has 0 fully saturated rings. The molecule has 2 amide bonds. The van der Waals surface area contributed by atoms with Crippen LogP contribution in [0.4, 0.5) is 26.7 Å². The molecular formula is C35H41N9O8. The first-order valence-corrected chi connectivity index (χ1v) is 16.0. The summed E-state index contributed by atoms with van der Waals surface area (Å²) in [5, 5.41) is 41.3. The van der Waals surface area contributed by atoms with Crippen molar-refractivity contribution in [3.63, 3.8) is 0 Å². The molecule has 0 spiro atoms. The molecule has 4 rings (SSSR count). The molecule has 3 N–H and O–H groups in total. The number of para-hydroxylation sites is 3. The first-order valence-electron chi connectivity index (χ1n) is 16.0. The number of carbonyl (C=O) groups excluding carboxylic acids is 2. The van der Waals surface area contributed by atoms with Crippen LogP contribution in [0.1, 0.15) is 44.4 Å². The van der Waals surface area contributed by atoms with Gasteiger partial charge in [0.1, 0.15) is 12.4 Å². The molecule has 52 heavy (non-hydrogen) atoms. The normalized spacial score (nSPS) is 11.5. The number of hydrogen-bond donors (Lipinski definition) is 2. The number of nitrogens with one attached hydrogen (secondary N) is 1. The van der Waals surface area contributed by atoms with E-state index in [0.717, 1.165) is 16.2 Å². The molecule has 3 aromatic carbocycles. The van der Waals surface area contributed by atoms with E-state index < -0.39 is 15.9 Å². The summed E-state index contributed by atoms with van der Waals surface area (Å²) in [5.41, 5.74) is 8.53. The minimum absolute atomic E-state index is 0.0454. The first kappa shape index (κ1) is 41.6. The number of fused-ring (bicyclic) bond motifs is 1. The van der Waals surface area contributed by atoms with E-state index in [1.807, 2.05) is 50.3 Å². The van der Waals surface area contributed by atoms with Crippen LogP contribution < -0.4 is 11.1 Å². The van der Waals surface area contributed by atoms with Crippen molar-refractivity contribution in [3.05, 3.63) is 110 Å². The highest BCUT2D eigenvalue weighted by Crippen LogP contribution is 2.24. The van der Waals surface area contributed by atoms with Gasteiger partial charge in [0.15, 0.2) is 0 Å². The van der Waals surface area contributed by atoms with Crippen LogP contribution in [0.15, 0.2) is 77.8 Å². The van der Waals surface area contributed by atoms with Gasteiger partial charge in [-0.3, -0.25) is 30.0 Å². The number of nitrogens with zero attached hydrogens (tertiary/aromatic N) is 7. The Morgan fingerprint density at radius 1 is 0.885 bits per heavy atom. The summed E-state index contributed by atoms with van der Waals surface area (Å²) in [6, 6.07) is 23.9. The molecule has 0 bridgehead atoms. The third-order valence-electron chi connectivity index (χ3n) is 6.68. The Kier molecular flexibility index (Phi) is 17.2. The molecule has 0 aliphatic carbocycles. The summed E-state index contributed by atoms with van der Waals surface area (Å²) in [4.78, 5) is 51.2. The van der Waals surface area contributed by atoms with Gasteiger partial charge in [-0.1, -0.05) is 54.6 Å². The van der Waals surface area contributed by atoms with Gasteiger partial charge >= 0.3 is 12.2 Å². The number of nitrogens with two attached hydrogens (primary N) is 1. The maximum absolute atomic E-state index is 11.9. The fourth-order valence-electron chi connectivity index (χ4n) is 4.47. The van der Waals surface area contributed by atoms with Gasteiger partial charge in [0.05, 0.1) is 66.1 Å². The number of benzene rings is 3. The van der Waals surface area contributed by atoms with E-state index in [0.29, 0.717) is 36.6 Å². The smallest absolute Gasteiger partial charge is 0.411 e. The van der Waals surface area contributed by atoms with Crippen LogP contribution in [0.5, 0.6) is 0 Å². The first-order chi connectivity index (χ1) is 24.8. The fraction of sp³-hybridized carbons (Fsp3) is 0.343. The lowest BCUT2D eigenvalue weighted by atomic mass is 10.1. The van der Waals surface area contributed by atoms with Crippen molar-refractivity contribution in [2.24, 2.45) is 10.7 Å². The Morgan fingerprint density at radius 2 is 1.44 bits per heavy atom. The zero-order chi connectivity index (χ0) is 38.6. The molecule has 0 unspecified atom stereocenters. The molecule has 1 aliphatic heterocycles. The zero-order valence-corrected chi connectivity index (χ0v) is 29.3. The van der Waals surface area contributed by atoms with Crippen LogP contribution in [-0.2, 0) is 29.1 Å². The van der Waals surface area contributed by atoms with Crippen molar-refractivity contribution in [2.75, 3.05) is 19.6 Å². The van der Waals surface area contributed by atoms with Crippen LogP contribution in [-0.4, -0.2) is 69.5 Å². The Bertz CT molecular complexity index is 1800. The van der Waals surface area contributed by atoms with Crippen LogP contribution in [0.3, 0.4) is 0 Å². The highest BCUT2D eigenvalue weighted by molar-refractivity contribution is 5.88. The lowest BCUT2D eigenvalue weighted by Crippen LogP contribution is -2.38. The second-order valence-corrected chi connectivity index (χ2v) is 11.5. The van der Waals surface area contributed by atoms with Gasteiger partial charge in [0.2, 0.25) is 0 Å². The van der Waals surface area contributed by atoms with Gasteiger partial charge in [0.25, 0.3) is 11.4 Å². The zero-order valence-electron chi connectivity index (χ0n) is 29.3. The van der Waals surface area contributed by atoms with Crippen molar-refractivity contribution in [1.82, 2.24) is 15.1 Å². The molecule has 0 atom stereocenters. The molecule has 1 aliphatic rings. The number of amidine groups is 1. The van der Waals surface area contributed by atoms with E-state index >= 15 is 0 Å². The van der Waals surface area contributed by atoms with Crippen LogP contribution in [0, 0.1) is 42.9 Å². The number of amides is 2. The summed E-state index contributed by atoms with van der Waals surface area (Å²) < 4.78 is 10.2. The summed E-state index contributed by atoms with van der Waals surface area (Å²) in [5.74, 6) is 0.417. The maximum Gasteiger partial charge on any atom is 0.411 e. The summed E-state index contributed by atoms with van der Waals surface area (Å²) >= 11 is 0. The maximum atomic E-state index is 11.9. The summed E-state index contributed by atoms with van der Waals surface area (Å²) in [6.07, 6.45) is -1.50. The van der Waals surface area contributed by atoms with Gasteiger partial charge in [-0.15, -0.1) is 0 Å². The quantitative estimate of drug-likeness (QED) is 0.111. The molecule has 0 saturated carbocycles. The van der Waals surface area contributed by atoms with E-state index in [1.165, 1.54) is 12.1 Å². The Morgan fingerprint density at radius 3 is 2.02 bits per heavy atom. The third kappa shape index (κ3) is 14.1. The largest absolute Gasteiger partial charge is 0.447 e. The molecule has 0 saturated heterocycles. The second kappa shape index (κ2) is 21.5. The van der Waals surface area contributed by atoms with Crippen LogP contribution >= 0.6 is 0 Å². The average Bonchev–Trinajstić information content (AvgIpc) is 3.26. The number of hydrogen-bond acceptors (Lipinski definition) is 13. The van der Waals surface area contributed by atoms with Crippen LogP contribution in [0.2, 0.25) is 0 Å². The van der Waals surface area contributed by atoms with E-state index in [-0.39, 0.29) is 49.3 Å². The topological polar surface area (TPSA) is 243 Å². The van der Waals surface area contributed by atoms with Gasteiger partial charge in [-0.2, -0.15) is 10.5 Å². The number of nitro benzene ring substituents is 2. The SMILES string of the molecule is CC(C)OC(=O)N(CC#N)Cc1ccccc1[N+](=O)[O-].CC(C)OC(=O)N1CC(N)=Nc2ccccc2C1.N#CCNCc1ccccc1[N+](=O)[O-]. The van der Waals surface area contributed by atoms with Crippen LogP contribution in [0.25, 0.3) is 0 Å². The van der Waals surface area contributed by atoms with E-state index in [9.17, 15) is 29.8 Å². The highest BCUT2D eigenvalue weighted by Gasteiger charge is 2.23. The number of rotatable bonds is 10. The average molecular weight is 716 g/mol. The number of nitro groups is 2. The molecule has 274 valence electrons. The monoisotopic (exact) mass is 715 g/mol. The van der Waals surface area contributed by atoms with Gasteiger partial charge in [-0.05, 0) is 39.3 Å². The van der Waals surface area contributed by atoms with E-state index in [1.54, 1.807) is 55.1 Å². The van der Waals surface area contributed by atoms with Gasteiger partial charge in [0, 0.05) is 29.8 Å². The molecular weight excluding hydrogens is 674 g/mol. The number of ether oxygens (including phenoxy) is 2. The van der Waals surface area contributed by atoms with Crippen molar-refractivity contribution < 1.29 is 28.9 Å². The standard InChI is InChI=1S/C13H15N3O4.C13H17N3O2.C9H9N3O2/c1-10(2)20-13(17)15(8-7-14)9-11-5-3-4-6-12(11)16(18)19;1-9(2)18-13(17)16-7-10-5-3-4-6-11(10)15-12(14)8-16;10-5-6-11-7-8-3-1-2-4-9(8)12(13)14/h3-6,10H,8-9H2,1-2H3;3-6,9H,7-8H2,1-2H3,(H2,14,15);1-4,11H,6-7H2. The Balaban J connectivity index is 0.000000274. The lowest BCUT2D eigenvalue weighted by molar-refractivity contribution is -0.385. The number of nitriles is 2. The molecule has 17 heteroatoms. The Labute approximate surface area is 301 Å².